The quantitative estimate of drug-likeness (QED) is 0.730. The zero-order chi connectivity index (χ0) is 11.8. The van der Waals surface area contributed by atoms with Crippen molar-refractivity contribution < 1.29 is 9.53 Å². The van der Waals surface area contributed by atoms with Crippen LogP contribution >= 0.6 is 0 Å². The molecule has 1 saturated heterocycles. The molecule has 0 unspecified atom stereocenters. The number of ether oxygens (including phenoxy) is 1. The fourth-order valence-electron chi connectivity index (χ4n) is 2.10. The molecule has 17 heavy (non-hydrogen) atoms. The predicted octanol–water partition coefficient (Wildman–Crippen LogP) is -0.0626. The van der Waals surface area contributed by atoms with Crippen LogP contribution in [0.1, 0.15) is 12.5 Å². The van der Waals surface area contributed by atoms with E-state index in [1.54, 1.807) is 6.33 Å². The Bertz CT molecular complexity index is 567. The minimum atomic E-state index is -0.344. The Kier molecular flexibility index (Phi) is 2.25. The highest BCUT2D eigenvalue weighted by atomic mass is 16.5. The molecule has 2 atom stereocenters. The van der Waals surface area contributed by atoms with Crippen LogP contribution in [0.2, 0.25) is 0 Å². The lowest BCUT2D eigenvalue weighted by atomic mass is 10.2. The maximum absolute atomic E-state index is 10.7. The summed E-state index contributed by atoms with van der Waals surface area (Å²) in [5, 5.41) is 0. The normalized spacial score (nSPS) is 24.2. The summed E-state index contributed by atoms with van der Waals surface area (Å²) in [6.45, 7) is 0.475. The first kappa shape index (κ1) is 10.2. The minimum absolute atomic E-state index is 0.0588. The van der Waals surface area contributed by atoms with Crippen LogP contribution in [-0.4, -0.2) is 38.5 Å². The molecule has 1 fully saturated rings. The van der Waals surface area contributed by atoms with Crippen LogP contribution in [-0.2, 0) is 9.53 Å². The van der Waals surface area contributed by atoms with E-state index in [2.05, 4.69) is 15.0 Å². The van der Waals surface area contributed by atoms with E-state index in [0.717, 1.165) is 6.29 Å². The maximum Gasteiger partial charge on any atom is 0.182 e. The van der Waals surface area contributed by atoms with Gasteiger partial charge in [0.25, 0.3) is 0 Å². The average molecular weight is 233 g/mol. The van der Waals surface area contributed by atoms with Crippen molar-refractivity contribution >= 4 is 23.3 Å². The van der Waals surface area contributed by atoms with E-state index >= 15 is 0 Å². The number of anilines is 1. The first-order valence-electron chi connectivity index (χ1n) is 5.29. The number of aldehydes is 1. The van der Waals surface area contributed by atoms with E-state index in [9.17, 15) is 4.79 Å². The third kappa shape index (κ3) is 1.55. The molecule has 0 aliphatic carbocycles. The molecule has 1 aliphatic heterocycles. The molecule has 2 aromatic heterocycles. The molecule has 1 aliphatic rings. The number of hydrogen-bond donors (Lipinski definition) is 1. The number of imidazole rings is 1. The van der Waals surface area contributed by atoms with E-state index in [1.165, 1.54) is 6.33 Å². The second kappa shape index (κ2) is 3.77. The molecule has 2 N–H and O–H groups in total. The molecule has 0 saturated carbocycles. The molecule has 7 nitrogen and oxygen atoms in total. The summed E-state index contributed by atoms with van der Waals surface area (Å²) in [6.07, 6.45) is 4.15. The molecule has 0 spiro atoms. The lowest BCUT2D eigenvalue weighted by molar-refractivity contribution is -0.115. The van der Waals surface area contributed by atoms with E-state index in [0.29, 0.717) is 30.0 Å². The number of carbonyl (C=O) groups is 1. The van der Waals surface area contributed by atoms with Crippen molar-refractivity contribution in [2.24, 2.45) is 0 Å². The van der Waals surface area contributed by atoms with Crippen LogP contribution < -0.4 is 5.73 Å². The largest absolute Gasteiger partial charge is 0.382 e. The van der Waals surface area contributed by atoms with Gasteiger partial charge in [-0.2, -0.15) is 0 Å². The number of nitrogens with two attached hydrogens (primary N) is 1. The van der Waals surface area contributed by atoms with Gasteiger partial charge in [-0.3, -0.25) is 0 Å². The number of hydrogen-bond acceptors (Lipinski definition) is 6. The fraction of sp³-hybridized carbons (Fsp3) is 0.400. The molecule has 88 valence electrons. The topological polar surface area (TPSA) is 95.9 Å². The van der Waals surface area contributed by atoms with Crippen molar-refractivity contribution in [3.63, 3.8) is 0 Å². The highest BCUT2D eigenvalue weighted by molar-refractivity contribution is 5.81. The number of nitrogen functional groups attached to an aromatic ring is 1. The smallest absolute Gasteiger partial charge is 0.182 e. The van der Waals surface area contributed by atoms with Crippen LogP contribution in [0.5, 0.6) is 0 Å². The number of rotatable bonds is 2. The van der Waals surface area contributed by atoms with Gasteiger partial charge in [0.2, 0.25) is 0 Å². The van der Waals surface area contributed by atoms with Gasteiger partial charge in [0.1, 0.15) is 24.2 Å². The Morgan fingerprint density at radius 3 is 3.12 bits per heavy atom. The standard InChI is InChI=1S/C10H11N5O2/c11-9-8-10(13-4-12-9)14-5-15(8)6-1-7(2-16)17-3-6/h2,4-7H,1,3H2,(H2,11,12,13)/t6-,7-/m1/s1. The Labute approximate surface area is 96.6 Å². The molecule has 0 aromatic carbocycles. The van der Waals surface area contributed by atoms with Crippen molar-refractivity contribution in [1.29, 1.82) is 0 Å². The highest BCUT2D eigenvalue weighted by Crippen LogP contribution is 2.28. The van der Waals surface area contributed by atoms with Gasteiger partial charge in [0.15, 0.2) is 11.5 Å². The third-order valence-corrected chi connectivity index (χ3v) is 2.95. The second-order valence-electron chi connectivity index (χ2n) is 3.98. The van der Waals surface area contributed by atoms with Gasteiger partial charge in [-0.15, -0.1) is 0 Å². The van der Waals surface area contributed by atoms with Gasteiger partial charge in [-0.05, 0) is 0 Å². The van der Waals surface area contributed by atoms with Crippen molar-refractivity contribution in [1.82, 2.24) is 19.5 Å². The van der Waals surface area contributed by atoms with E-state index < -0.39 is 0 Å². The van der Waals surface area contributed by atoms with Crippen molar-refractivity contribution in [3.8, 4) is 0 Å². The summed E-state index contributed by atoms with van der Waals surface area (Å²) in [7, 11) is 0. The number of aromatic nitrogens is 4. The van der Waals surface area contributed by atoms with Crippen molar-refractivity contribution in [3.05, 3.63) is 12.7 Å². The fourth-order valence-corrected chi connectivity index (χ4v) is 2.10. The second-order valence-corrected chi connectivity index (χ2v) is 3.98. The molecule has 2 aromatic rings. The minimum Gasteiger partial charge on any atom is -0.382 e. The zero-order valence-corrected chi connectivity index (χ0v) is 8.98. The van der Waals surface area contributed by atoms with Gasteiger partial charge in [-0.25, -0.2) is 15.0 Å². The number of carbonyl (C=O) groups excluding carboxylic acids is 1. The number of nitrogens with zero attached hydrogens (tertiary/aromatic N) is 4. The molecule has 7 heteroatoms. The summed E-state index contributed by atoms with van der Waals surface area (Å²) in [5.41, 5.74) is 7.08. The zero-order valence-electron chi connectivity index (χ0n) is 8.98. The molecule has 0 bridgehead atoms. The van der Waals surface area contributed by atoms with Gasteiger partial charge >= 0.3 is 0 Å². The van der Waals surface area contributed by atoms with Crippen LogP contribution in [0.25, 0.3) is 11.2 Å². The van der Waals surface area contributed by atoms with Crippen molar-refractivity contribution in [2.75, 3.05) is 12.3 Å². The maximum atomic E-state index is 10.7. The van der Waals surface area contributed by atoms with Gasteiger partial charge in [0.05, 0.1) is 19.0 Å². The summed E-state index contributed by atoms with van der Waals surface area (Å²) in [4.78, 5) is 22.8. The molecule has 0 radical (unpaired) electrons. The lowest BCUT2D eigenvalue weighted by Gasteiger charge is -2.10. The lowest BCUT2D eigenvalue weighted by Crippen LogP contribution is -2.10. The van der Waals surface area contributed by atoms with E-state index in [1.807, 2.05) is 4.57 Å². The summed E-state index contributed by atoms with van der Waals surface area (Å²) in [6, 6.07) is 0.0588. The first-order valence-corrected chi connectivity index (χ1v) is 5.29. The molecule has 3 rings (SSSR count). The molecular formula is C10H11N5O2. The Hall–Kier alpha value is -2.02. The van der Waals surface area contributed by atoms with Gasteiger partial charge in [-0.1, -0.05) is 0 Å². The van der Waals surface area contributed by atoms with Crippen LogP contribution in [0.4, 0.5) is 5.82 Å². The van der Waals surface area contributed by atoms with E-state index in [-0.39, 0.29) is 12.1 Å². The highest BCUT2D eigenvalue weighted by Gasteiger charge is 2.28. The molecule has 3 heterocycles. The van der Waals surface area contributed by atoms with Crippen molar-refractivity contribution in [2.45, 2.75) is 18.6 Å². The molecule has 0 amide bonds. The SMILES string of the molecule is Nc1ncnc2ncn([C@H]3CO[C@@H](C=O)C3)c12. The summed E-state index contributed by atoms with van der Waals surface area (Å²) >= 11 is 0. The summed E-state index contributed by atoms with van der Waals surface area (Å²) in [5.74, 6) is 0.391. The Morgan fingerprint density at radius 2 is 2.35 bits per heavy atom. The molecular weight excluding hydrogens is 222 g/mol. The Morgan fingerprint density at radius 1 is 1.47 bits per heavy atom. The first-order chi connectivity index (χ1) is 8.29. The van der Waals surface area contributed by atoms with Gasteiger partial charge in [0, 0.05) is 6.42 Å². The average Bonchev–Trinajstić information content (AvgIpc) is 2.94. The number of fused-ring (bicyclic) bond motifs is 1. The van der Waals surface area contributed by atoms with E-state index in [4.69, 9.17) is 10.5 Å². The summed E-state index contributed by atoms with van der Waals surface area (Å²) < 4.78 is 7.21. The third-order valence-electron chi connectivity index (χ3n) is 2.95. The van der Waals surface area contributed by atoms with Crippen LogP contribution in [0.15, 0.2) is 12.7 Å². The van der Waals surface area contributed by atoms with Crippen LogP contribution in [0.3, 0.4) is 0 Å². The Balaban J connectivity index is 2.04. The predicted molar refractivity (Wildman–Crippen MR) is 59.2 cm³/mol. The van der Waals surface area contributed by atoms with Crippen LogP contribution in [0, 0.1) is 0 Å². The monoisotopic (exact) mass is 233 g/mol. The van der Waals surface area contributed by atoms with Gasteiger partial charge < -0.3 is 19.8 Å².